The summed E-state index contributed by atoms with van der Waals surface area (Å²) in [6.07, 6.45) is 8.98. The Morgan fingerprint density at radius 1 is 0.800 bits per heavy atom. The Hall–Kier alpha value is -2.29. The Labute approximate surface area is 151 Å². The minimum atomic E-state index is 0.569. The molecule has 0 aromatic heterocycles. The molecule has 2 aromatic carbocycles. The first kappa shape index (κ1) is 19.0. The molecule has 0 bridgehead atoms. The molecule has 0 radical (unpaired) electrons. The van der Waals surface area contributed by atoms with Crippen LogP contribution in [0, 0.1) is 0 Å². The summed E-state index contributed by atoms with van der Waals surface area (Å²) in [6.45, 7) is 3.00. The predicted molar refractivity (Wildman–Crippen MR) is 104 cm³/mol. The van der Waals surface area contributed by atoms with E-state index in [1.807, 2.05) is 54.6 Å². The van der Waals surface area contributed by atoms with Crippen molar-refractivity contribution in [2.24, 2.45) is 5.16 Å². The summed E-state index contributed by atoms with van der Waals surface area (Å²) in [5.41, 5.74) is 2.33. The van der Waals surface area contributed by atoms with Gasteiger partial charge in [0.25, 0.3) is 0 Å². The molecule has 0 saturated carbocycles. The Morgan fingerprint density at radius 2 is 1.40 bits per heavy atom. The largest absolute Gasteiger partial charge is 0.494 e. The summed E-state index contributed by atoms with van der Waals surface area (Å²) >= 11 is 0. The molecule has 2 aromatic rings. The maximum absolute atomic E-state index is 9.34. The highest BCUT2D eigenvalue weighted by atomic mass is 16.5. The number of hydrogen-bond donors (Lipinski definition) is 1. The van der Waals surface area contributed by atoms with Crippen molar-refractivity contribution in [2.75, 3.05) is 6.61 Å². The van der Waals surface area contributed by atoms with Gasteiger partial charge in [0.15, 0.2) is 0 Å². The molecule has 0 aliphatic heterocycles. The summed E-state index contributed by atoms with van der Waals surface area (Å²) in [7, 11) is 0. The average molecular weight is 339 g/mol. The van der Waals surface area contributed by atoms with Crippen LogP contribution in [0.5, 0.6) is 5.75 Å². The molecule has 0 amide bonds. The van der Waals surface area contributed by atoms with Gasteiger partial charge in [-0.15, -0.1) is 0 Å². The first-order valence-electron chi connectivity index (χ1n) is 9.36. The minimum absolute atomic E-state index is 0.569. The molecule has 0 spiro atoms. The molecular formula is C22H29NO2. The fourth-order valence-electron chi connectivity index (χ4n) is 2.84. The summed E-state index contributed by atoms with van der Waals surface area (Å²) in [6, 6.07) is 17.4. The molecule has 0 aliphatic rings. The van der Waals surface area contributed by atoms with E-state index in [-0.39, 0.29) is 0 Å². The van der Waals surface area contributed by atoms with E-state index in [4.69, 9.17) is 4.74 Å². The lowest BCUT2D eigenvalue weighted by Gasteiger charge is -2.08. The van der Waals surface area contributed by atoms with Crippen molar-refractivity contribution in [3.63, 3.8) is 0 Å². The maximum Gasteiger partial charge on any atom is 0.119 e. The lowest BCUT2D eigenvalue weighted by molar-refractivity contribution is 0.304. The number of nitrogens with zero attached hydrogens (tertiary/aromatic N) is 1. The molecule has 3 heteroatoms. The van der Waals surface area contributed by atoms with Crippen LogP contribution >= 0.6 is 0 Å². The van der Waals surface area contributed by atoms with Crippen molar-refractivity contribution in [1.29, 1.82) is 0 Å². The van der Waals surface area contributed by atoms with Crippen LogP contribution < -0.4 is 4.74 Å². The van der Waals surface area contributed by atoms with E-state index in [1.165, 1.54) is 38.5 Å². The van der Waals surface area contributed by atoms with Gasteiger partial charge < -0.3 is 9.94 Å². The van der Waals surface area contributed by atoms with Gasteiger partial charge in [0.05, 0.1) is 6.61 Å². The van der Waals surface area contributed by atoms with Crippen LogP contribution in [-0.4, -0.2) is 17.5 Å². The van der Waals surface area contributed by atoms with Crippen LogP contribution in [0.15, 0.2) is 59.8 Å². The first-order chi connectivity index (χ1) is 12.3. The summed E-state index contributed by atoms with van der Waals surface area (Å²) in [5.74, 6) is 0.861. The smallest absolute Gasteiger partial charge is 0.119 e. The van der Waals surface area contributed by atoms with Crippen molar-refractivity contribution in [3.05, 3.63) is 65.7 Å². The topological polar surface area (TPSA) is 41.8 Å². The SMILES string of the molecule is CCCCCCCCCOc1ccc(C(=NO)c2ccccc2)cc1. The van der Waals surface area contributed by atoms with Crippen LogP contribution in [0.25, 0.3) is 0 Å². The summed E-state index contributed by atoms with van der Waals surface area (Å²) in [5, 5.41) is 12.8. The Bertz CT molecular complexity index is 620. The third kappa shape index (κ3) is 6.61. The van der Waals surface area contributed by atoms with E-state index < -0.39 is 0 Å². The van der Waals surface area contributed by atoms with E-state index in [0.29, 0.717) is 5.71 Å². The number of oxime groups is 1. The molecule has 0 unspecified atom stereocenters. The van der Waals surface area contributed by atoms with Gasteiger partial charge in [-0.25, -0.2) is 0 Å². The van der Waals surface area contributed by atoms with Crippen LogP contribution in [0.2, 0.25) is 0 Å². The number of hydrogen-bond acceptors (Lipinski definition) is 3. The third-order valence-electron chi connectivity index (χ3n) is 4.29. The van der Waals surface area contributed by atoms with E-state index in [1.54, 1.807) is 0 Å². The molecular weight excluding hydrogens is 310 g/mol. The van der Waals surface area contributed by atoms with Crippen LogP contribution in [0.4, 0.5) is 0 Å². The second-order valence-electron chi connectivity index (χ2n) is 6.31. The number of rotatable bonds is 11. The lowest BCUT2D eigenvalue weighted by Crippen LogP contribution is -2.03. The average Bonchev–Trinajstić information content (AvgIpc) is 2.66. The second kappa shape index (κ2) is 11.3. The zero-order chi connectivity index (χ0) is 17.7. The van der Waals surface area contributed by atoms with Gasteiger partial charge in [0.2, 0.25) is 0 Å². The van der Waals surface area contributed by atoms with E-state index in [9.17, 15) is 5.21 Å². The van der Waals surface area contributed by atoms with Crippen LogP contribution in [0.1, 0.15) is 63.0 Å². The fraction of sp³-hybridized carbons (Fsp3) is 0.409. The molecule has 0 saturated heterocycles. The van der Waals surface area contributed by atoms with Crippen molar-refractivity contribution in [3.8, 4) is 5.75 Å². The van der Waals surface area contributed by atoms with Gasteiger partial charge in [-0.3, -0.25) is 0 Å². The number of ether oxygens (including phenoxy) is 1. The van der Waals surface area contributed by atoms with Gasteiger partial charge in [-0.1, -0.05) is 80.9 Å². The first-order valence-corrected chi connectivity index (χ1v) is 9.36. The zero-order valence-corrected chi connectivity index (χ0v) is 15.2. The highest BCUT2D eigenvalue weighted by molar-refractivity contribution is 6.12. The number of unbranched alkanes of at least 4 members (excludes halogenated alkanes) is 6. The van der Waals surface area contributed by atoms with Gasteiger partial charge >= 0.3 is 0 Å². The van der Waals surface area contributed by atoms with E-state index >= 15 is 0 Å². The maximum atomic E-state index is 9.34. The highest BCUT2D eigenvalue weighted by Crippen LogP contribution is 2.17. The zero-order valence-electron chi connectivity index (χ0n) is 15.2. The van der Waals surface area contributed by atoms with E-state index in [0.717, 1.165) is 29.9 Å². The minimum Gasteiger partial charge on any atom is -0.494 e. The van der Waals surface area contributed by atoms with Gasteiger partial charge in [0.1, 0.15) is 11.5 Å². The fourth-order valence-corrected chi connectivity index (χ4v) is 2.84. The van der Waals surface area contributed by atoms with Crippen molar-refractivity contribution in [2.45, 2.75) is 51.9 Å². The van der Waals surface area contributed by atoms with Crippen molar-refractivity contribution >= 4 is 5.71 Å². The Kier molecular flexibility index (Phi) is 8.60. The van der Waals surface area contributed by atoms with E-state index in [2.05, 4.69) is 12.1 Å². The molecule has 0 atom stereocenters. The van der Waals surface area contributed by atoms with Crippen molar-refractivity contribution < 1.29 is 9.94 Å². The number of benzene rings is 2. The molecule has 134 valence electrons. The predicted octanol–water partition coefficient (Wildman–Crippen LogP) is 6.04. The molecule has 1 N–H and O–H groups in total. The summed E-state index contributed by atoms with van der Waals surface area (Å²) < 4.78 is 5.81. The molecule has 0 aliphatic carbocycles. The van der Waals surface area contributed by atoms with Crippen LogP contribution in [0.3, 0.4) is 0 Å². The van der Waals surface area contributed by atoms with Crippen molar-refractivity contribution in [1.82, 2.24) is 0 Å². The van der Waals surface area contributed by atoms with Crippen LogP contribution in [-0.2, 0) is 0 Å². The quantitative estimate of drug-likeness (QED) is 0.234. The normalized spacial score (nSPS) is 11.5. The molecule has 0 fully saturated rings. The van der Waals surface area contributed by atoms with Gasteiger partial charge in [-0.05, 0) is 30.7 Å². The molecule has 25 heavy (non-hydrogen) atoms. The highest BCUT2D eigenvalue weighted by Gasteiger charge is 2.07. The van der Waals surface area contributed by atoms with Gasteiger partial charge in [-0.2, -0.15) is 0 Å². The standard InChI is InChI=1S/C22H29NO2/c1-2-3-4-5-6-7-11-18-25-21-16-14-20(15-17-21)22(23-24)19-12-9-8-10-13-19/h8-10,12-17,24H,2-7,11,18H2,1H3. The molecule has 3 nitrogen and oxygen atoms in total. The third-order valence-corrected chi connectivity index (χ3v) is 4.29. The molecule has 0 heterocycles. The Balaban J connectivity index is 1.76. The second-order valence-corrected chi connectivity index (χ2v) is 6.31. The molecule has 2 rings (SSSR count). The lowest BCUT2D eigenvalue weighted by atomic mass is 10.0. The Morgan fingerprint density at radius 3 is 2.04 bits per heavy atom. The monoisotopic (exact) mass is 339 g/mol. The summed E-state index contributed by atoms with van der Waals surface area (Å²) in [4.78, 5) is 0. The van der Waals surface area contributed by atoms with Gasteiger partial charge in [0, 0.05) is 11.1 Å².